The predicted molar refractivity (Wildman–Crippen MR) is 78.3 cm³/mol. The fourth-order valence-corrected chi connectivity index (χ4v) is 1.69. The van der Waals surface area contributed by atoms with Gasteiger partial charge in [-0.05, 0) is 36.6 Å². The second-order valence-corrected chi connectivity index (χ2v) is 4.01. The maximum absolute atomic E-state index is 5.14. The first-order valence-corrected chi connectivity index (χ1v) is 6.46. The summed E-state index contributed by atoms with van der Waals surface area (Å²) in [5.41, 5.74) is 3.96. The van der Waals surface area contributed by atoms with Crippen LogP contribution in [0.5, 0.6) is 5.75 Å². The molecular formula is C17H22O. The van der Waals surface area contributed by atoms with Crippen LogP contribution in [0, 0.1) is 6.92 Å². The van der Waals surface area contributed by atoms with Gasteiger partial charge in [0.25, 0.3) is 0 Å². The highest BCUT2D eigenvalue weighted by molar-refractivity contribution is 5.32. The Bertz CT molecular complexity index is 440. The lowest BCUT2D eigenvalue weighted by atomic mass is 10.0. The summed E-state index contributed by atoms with van der Waals surface area (Å²) < 4.78 is 5.14. The SMILES string of the molecule is CC.COc1ccc(Cc2ccc(C)cc2)cc1. The molecule has 0 aliphatic carbocycles. The molecule has 0 aliphatic rings. The molecule has 96 valence electrons. The van der Waals surface area contributed by atoms with Crippen molar-refractivity contribution in [3.05, 3.63) is 65.2 Å². The Labute approximate surface area is 110 Å². The Morgan fingerprint density at radius 3 is 1.67 bits per heavy atom. The van der Waals surface area contributed by atoms with E-state index in [4.69, 9.17) is 4.74 Å². The number of benzene rings is 2. The average molecular weight is 242 g/mol. The molecule has 0 spiro atoms. The highest BCUT2D eigenvalue weighted by atomic mass is 16.5. The van der Waals surface area contributed by atoms with Gasteiger partial charge in [0.15, 0.2) is 0 Å². The molecule has 18 heavy (non-hydrogen) atoms. The van der Waals surface area contributed by atoms with E-state index in [9.17, 15) is 0 Å². The van der Waals surface area contributed by atoms with Gasteiger partial charge in [-0.1, -0.05) is 55.8 Å². The van der Waals surface area contributed by atoms with E-state index >= 15 is 0 Å². The van der Waals surface area contributed by atoms with Crippen LogP contribution < -0.4 is 4.74 Å². The fraction of sp³-hybridized carbons (Fsp3) is 0.294. The number of rotatable bonds is 3. The van der Waals surface area contributed by atoms with Crippen molar-refractivity contribution in [1.29, 1.82) is 0 Å². The third-order valence-electron chi connectivity index (χ3n) is 2.69. The van der Waals surface area contributed by atoms with Crippen molar-refractivity contribution in [3.8, 4) is 5.75 Å². The molecule has 0 saturated heterocycles. The molecule has 0 N–H and O–H groups in total. The van der Waals surface area contributed by atoms with Gasteiger partial charge >= 0.3 is 0 Å². The van der Waals surface area contributed by atoms with Crippen LogP contribution in [-0.4, -0.2) is 7.11 Å². The minimum atomic E-state index is 0.910. The zero-order chi connectivity index (χ0) is 13.4. The van der Waals surface area contributed by atoms with Crippen LogP contribution in [0.2, 0.25) is 0 Å². The van der Waals surface area contributed by atoms with Gasteiger partial charge in [0.2, 0.25) is 0 Å². The van der Waals surface area contributed by atoms with Crippen molar-refractivity contribution in [2.24, 2.45) is 0 Å². The molecular weight excluding hydrogens is 220 g/mol. The lowest BCUT2D eigenvalue weighted by Crippen LogP contribution is -1.89. The highest BCUT2D eigenvalue weighted by Crippen LogP contribution is 2.15. The molecule has 0 fully saturated rings. The van der Waals surface area contributed by atoms with E-state index in [2.05, 4.69) is 43.3 Å². The van der Waals surface area contributed by atoms with Crippen LogP contribution in [-0.2, 0) is 6.42 Å². The van der Waals surface area contributed by atoms with Crippen molar-refractivity contribution in [3.63, 3.8) is 0 Å². The smallest absolute Gasteiger partial charge is 0.118 e. The number of hydrogen-bond acceptors (Lipinski definition) is 1. The maximum atomic E-state index is 5.14. The van der Waals surface area contributed by atoms with Crippen LogP contribution in [0.4, 0.5) is 0 Å². The second kappa shape index (κ2) is 7.54. The van der Waals surface area contributed by atoms with Crippen LogP contribution in [0.25, 0.3) is 0 Å². The van der Waals surface area contributed by atoms with Crippen LogP contribution in [0.1, 0.15) is 30.5 Å². The molecule has 1 heteroatoms. The van der Waals surface area contributed by atoms with Gasteiger partial charge < -0.3 is 4.74 Å². The molecule has 0 heterocycles. The first-order valence-electron chi connectivity index (χ1n) is 6.46. The molecule has 0 aliphatic heterocycles. The molecule has 0 atom stereocenters. The van der Waals surface area contributed by atoms with E-state index in [1.807, 2.05) is 26.0 Å². The van der Waals surface area contributed by atoms with E-state index in [-0.39, 0.29) is 0 Å². The fourth-order valence-electron chi connectivity index (χ4n) is 1.69. The van der Waals surface area contributed by atoms with Gasteiger partial charge in [-0.25, -0.2) is 0 Å². The Kier molecular flexibility index (Phi) is 5.99. The lowest BCUT2D eigenvalue weighted by molar-refractivity contribution is 0.414. The van der Waals surface area contributed by atoms with Gasteiger partial charge in [-0.2, -0.15) is 0 Å². The minimum absolute atomic E-state index is 0.910. The molecule has 0 unspecified atom stereocenters. The first-order chi connectivity index (χ1) is 8.78. The molecule has 0 radical (unpaired) electrons. The largest absolute Gasteiger partial charge is 0.497 e. The van der Waals surface area contributed by atoms with Gasteiger partial charge in [0.1, 0.15) is 5.75 Å². The Balaban J connectivity index is 0.000000771. The summed E-state index contributed by atoms with van der Waals surface area (Å²) in [7, 11) is 1.69. The summed E-state index contributed by atoms with van der Waals surface area (Å²) >= 11 is 0. The highest BCUT2D eigenvalue weighted by Gasteiger charge is 1.97. The Morgan fingerprint density at radius 1 is 0.778 bits per heavy atom. The van der Waals surface area contributed by atoms with Gasteiger partial charge in [-0.15, -0.1) is 0 Å². The zero-order valence-electron chi connectivity index (χ0n) is 11.7. The Hall–Kier alpha value is -1.76. The second-order valence-electron chi connectivity index (χ2n) is 4.01. The third kappa shape index (κ3) is 4.25. The van der Waals surface area contributed by atoms with Crippen molar-refractivity contribution >= 4 is 0 Å². The number of aryl methyl sites for hydroxylation is 1. The molecule has 0 aromatic heterocycles. The zero-order valence-corrected chi connectivity index (χ0v) is 11.7. The van der Waals surface area contributed by atoms with Crippen LogP contribution >= 0.6 is 0 Å². The van der Waals surface area contributed by atoms with E-state index in [0.29, 0.717) is 0 Å². The normalized spacial score (nSPS) is 9.33. The molecule has 0 amide bonds. The van der Waals surface area contributed by atoms with E-state index in [0.717, 1.165) is 12.2 Å². The van der Waals surface area contributed by atoms with E-state index in [1.54, 1.807) is 7.11 Å². The summed E-state index contributed by atoms with van der Waals surface area (Å²) in [6.45, 7) is 6.11. The first kappa shape index (κ1) is 14.3. The van der Waals surface area contributed by atoms with Crippen molar-refractivity contribution in [1.82, 2.24) is 0 Å². The predicted octanol–water partition coefficient (Wildman–Crippen LogP) is 4.62. The maximum Gasteiger partial charge on any atom is 0.118 e. The monoisotopic (exact) mass is 242 g/mol. The standard InChI is InChI=1S/C15H16O.C2H6/c1-12-3-5-13(6-4-12)11-14-7-9-15(16-2)10-8-14;1-2/h3-10H,11H2,1-2H3;1-2H3. The summed E-state index contributed by atoms with van der Waals surface area (Å²) in [6.07, 6.45) is 0.976. The van der Waals surface area contributed by atoms with Crippen molar-refractivity contribution in [2.45, 2.75) is 27.2 Å². The number of hydrogen-bond donors (Lipinski definition) is 0. The topological polar surface area (TPSA) is 9.23 Å². The summed E-state index contributed by atoms with van der Waals surface area (Å²) in [4.78, 5) is 0. The van der Waals surface area contributed by atoms with Crippen LogP contribution in [0.3, 0.4) is 0 Å². The summed E-state index contributed by atoms with van der Waals surface area (Å²) in [6, 6.07) is 16.9. The molecule has 2 rings (SSSR count). The summed E-state index contributed by atoms with van der Waals surface area (Å²) in [5.74, 6) is 0.910. The van der Waals surface area contributed by atoms with E-state index in [1.165, 1.54) is 16.7 Å². The molecule has 2 aromatic carbocycles. The molecule has 0 saturated carbocycles. The average Bonchev–Trinajstić information content (AvgIpc) is 2.44. The third-order valence-corrected chi connectivity index (χ3v) is 2.69. The summed E-state index contributed by atoms with van der Waals surface area (Å²) in [5, 5.41) is 0. The Morgan fingerprint density at radius 2 is 1.22 bits per heavy atom. The number of ether oxygens (including phenoxy) is 1. The number of methoxy groups -OCH3 is 1. The molecule has 0 bridgehead atoms. The van der Waals surface area contributed by atoms with Gasteiger partial charge in [-0.3, -0.25) is 0 Å². The molecule has 1 nitrogen and oxygen atoms in total. The van der Waals surface area contributed by atoms with Crippen molar-refractivity contribution in [2.75, 3.05) is 7.11 Å². The lowest BCUT2D eigenvalue weighted by Gasteiger charge is -2.04. The quantitative estimate of drug-likeness (QED) is 0.763. The van der Waals surface area contributed by atoms with E-state index < -0.39 is 0 Å². The van der Waals surface area contributed by atoms with Gasteiger partial charge in [0.05, 0.1) is 7.11 Å². The van der Waals surface area contributed by atoms with Crippen LogP contribution in [0.15, 0.2) is 48.5 Å². The van der Waals surface area contributed by atoms with Gasteiger partial charge in [0, 0.05) is 0 Å². The minimum Gasteiger partial charge on any atom is -0.497 e. The molecule has 2 aromatic rings. The van der Waals surface area contributed by atoms with Crippen molar-refractivity contribution < 1.29 is 4.74 Å².